The van der Waals surface area contributed by atoms with Gasteiger partial charge in [0.2, 0.25) is 0 Å². The zero-order chi connectivity index (χ0) is 23.3. The van der Waals surface area contributed by atoms with Crippen molar-refractivity contribution in [1.82, 2.24) is 4.90 Å². The summed E-state index contributed by atoms with van der Waals surface area (Å²) >= 11 is 0. The maximum Gasteiger partial charge on any atom is 0.282 e. The molecular weight excluding hydrogens is 411 g/mol. The van der Waals surface area contributed by atoms with Crippen molar-refractivity contribution in [3.8, 4) is 0 Å². The van der Waals surface area contributed by atoms with Crippen LogP contribution in [0.25, 0.3) is 5.57 Å². The molecule has 0 aromatic heterocycles. The molecule has 1 heterocycles. The van der Waals surface area contributed by atoms with Gasteiger partial charge in [-0.15, -0.1) is 0 Å². The number of nitrogens with zero attached hydrogens (tertiary/aromatic N) is 2. The van der Waals surface area contributed by atoms with Crippen LogP contribution in [0.1, 0.15) is 30.9 Å². The standard InChI is InChI=1S/C25H29FN2O4/c1-17(2)18-7-11-21(12-8-18)28-24(29)22(19-5-9-20(26)10-6-19)23(25(28)30)27(13-15-31-3)14-16-32-4/h5-12,17H,13-16H2,1-4H3. The Kier molecular flexibility index (Phi) is 7.77. The molecule has 1 aliphatic rings. The monoisotopic (exact) mass is 440 g/mol. The molecule has 1 aliphatic heterocycles. The fraction of sp³-hybridized carbons (Fsp3) is 0.360. The molecule has 0 aliphatic carbocycles. The lowest BCUT2D eigenvalue weighted by Crippen LogP contribution is -2.37. The molecule has 0 radical (unpaired) electrons. The lowest BCUT2D eigenvalue weighted by atomic mass is 10.0. The van der Waals surface area contributed by atoms with Gasteiger partial charge in [-0.1, -0.05) is 38.1 Å². The minimum atomic E-state index is -0.436. The minimum Gasteiger partial charge on any atom is -0.383 e. The molecular formula is C25H29FN2O4. The van der Waals surface area contributed by atoms with Crippen LogP contribution in [0.3, 0.4) is 0 Å². The molecule has 0 N–H and O–H groups in total. The quantitative estimate of drug-likeness (QED) is 0.526. The van der Waals surface area contributed by atoms with Crippen LogP contribution in [-0.4, -0.2) is 57.2 Å². The van der Waals surface area contributed by atoms with Crippen LogP contribution in [0.4, 0.5) is 10.1 Å². The summed E-state index contributed by atoms with van der Waals surface area (Å²) in [5, 5.41) is 0. The van der Waals surface area contributed by atoms with E-state index in [4.69, 9.17) is 9.47 Å². The zero-order valence-corrected chi connectivity index (χ0v) is 18.9. The molecule has 0 saturated carbocycles. The van der Waals surface area contributed by atoms with E-state index in [9.17, 15) is 14.0 Å². The topological polar surface area (TPSA) is 59.1 Å². The second kappa shape index (κ2) is 10.5. The number of hydrogen-bond donors (Lipinski definition) is 0. The summed E-state index contributed by atoms with van der Waals surface area (Å²) in [6, 6.07) is 13.0. The molecule has 0 spiro atoms. The number of carbonyl (C=O) groups excluding carboxylic acids is 2. The van der Waals surface area contributed by atoms with Gasteiger partial charge in [-0.25, -0.2) is 9.29 Å². The van der Waals surface area contributed by atoms with Crippen LogP contribution in [0, 0.1) is 5.82 Å². The third-order valence-corrected chi connectivity index (χ3v) is 5.46. The highest BCUT2D eigenvalue weighted by Crippen LogP contribution is 2.35. The van der Waals surface area contributed by atoms with Gasteiger partial charge in [0, 0.05) is 27.3 Å². The largest absolute Gasteiger partial charge is 0.383 e. The Morgan fingerprint density at radius 2 is 1.44 bits per heavy atom. The van der Waals surface area contributed by atoms with E-state index in [2.05, 4.69) is 13.8 Å². The third-order valence-electron chi connectivity index (χ3n) is 5.46. The average Bonchev–Trinajstić information content (AvgIpc) is 3.04. The van der Waals surface area contributed by atoms with Crippen molar-refractivity contribution in [1.29, 1.82) is 0 Å². The molecule has 170 valence electrons. The summed E-state index contributed by atoms with van der Waals surface area (Å²) in [7, 11) is 3.15. The smallest absolute Gasteiger partial charge is 0.282 e. The molecule has 7 heteroatoms. The van der Waals surface area contributed by atoms with Gasteiger partial charge in [-0.2, -0.15) is 0 Å². The van der Waals surface area contributed by atoms with Crippen LogP contribution >= 0.6 is 0 Å². The van der Waals surface area contributed by atoms with Crippen molar-refractivity contribution in [2.45, 2.75) is 19.8 Å². The first-order valence-corrected chi connectivity index (χ1v) is 10.6. The van der Waals surface area contributed by atoms with Crippen molar-refractivity contribution in [2.75, 3.05) is 45.4 Å². The lowest BCUT2D eigenvalue weighted by molar-refractivity contribution is -0.120. The first kappa shape index (κ1) is 23.6. The van der Waals surface area contributed by atoms with Crippen LogP contribution in [-0.2, 0) is 19.1 Å². The summed E-state index contributed by atoms with van der Waals surface area (Å²) in [5.74, 6) is -0.937. The van der Waals surface area contributed by atoms with Gasteiger partial charge in [0.05, 0.1) is 24.5 Å². The Labute approximate surface area is 188 Å². The number of hydrogen-bond acceptors (Lipinski definition) is 5. The number of benzene rings is 2. The van der Waals surface area contributed by atoms with Gasteiger partial charge in [-0.3, -0.25) is 9.59 Å². The normalized spacial score (nSPS) is 14.1. The number of imide groups is 1. The van der Waals surface area contributed by atoms with Gasteiger partial charge in [0.1, 0.15) is 11.5 Å². The molecule has 0 atom stereocenters. The van der Waals surface area contributed by atoms with Crippen LogP contribution in [0.15, 0.2) is 54.2 Å². The molecule has 32 heavy (non-hydrogen) atoms. The van der Waals surface area contributed by atoms with Gasteiger partial charge in [0.25, 0.3) is 11.8 Å². The minimum absolute atomic E-state index is 0.246. The maximum atomic E-state index is 13.6. The number of ether oxygens (including phenoxy) is 2. The van der Waals surface area contributed by atoms with E-state index in [0.717, 1.165) is 5.56 Å². The average molecular weight is 441 g/mol. The van der Waals surface area contributed by atoms with Crippen molar-refractivity contribution in [3.63, 3.8) is 0 Å². The fourth-order valence-corrected chi connectivity index (χ4v) is 3.67. The number of halogens is 1. The van der Waals surface area contributed by atoms with Gasteiger partial charge < -0.3 is 14.4 Å². The van der Waals surface area contributed by atoms with E-state index >= 15 is 0 Å². The molecule has 2 aromatic carbocycles. The molecule has 3 rings (SSSR count). The van der Waals surface area contributed by atoms with Crippen LogP contribution in [0.2, 0.25) is 0 Å². The molecule has 0 unspecified atom stereocenters. The highest BCUT2D eigenvalue weighted by Gasteiger charge is 2.42. The Morgan fingerprint density at radius 3 is 1.94 bits per heavy atom. The number of rotatable bonds is 10. The highest BCUT2D eigenvalue weighted by molar-refractivity contribution is 6.45. The summed E-state index contributed by atoms with van der Waals surface area (Å²) < 4.78 is 24.0. The van der Waals surface area contributed by atoms with Gasteiger partial charge in [-0.05, 0) is 41.3 Å². The van der Waals surface area contributed by atoms with Crippen LogP contribution in [0.5, 0.6) is 0 Å². The van der Waals surface area contributed by atoms with E-state index in [-0.39, 0.29) is 11.3 Å². The zero-order valence-electron chi connectivity index (χ0n) is 18.9. The van der Waals surface area contributed by atoms with Crippen LogP contribution < -0.4 is 4.90 Å². The van der Waals surface area contributed by atoms with Crippen molar-refractivity contribution >= 4 is 23.1 Å². The Hall–Kier alpha value is -3.03. The number of carbonyl (C=O) groups is 2. The number of amides is 2. The first-order chi connectivity index (χ1) is 15.4. The predicted octanol–water partition coefficient (Wildman–Crippen LogP) is 3.83. The van der Waals surface area contributed by atoms with E-state index in [0.29, 0.717) is 43.5 Å². The summed E-state index contributed by atoms with van der Waals surface area (Å²) in [4.78, 5) is 30.1. The van der Waals surface area contributed by atoms with E-state index in [1.807, 2.05) is 12.1 Å². The molecule has 2 aromatic rings. The summed E-state index contributed by atoms with van der Waals surface area (Å²) in [6.45, 7) is 5.70. The Morgan fingerprint density at radius 1 is 0.875 bits per heavy atom. The molecule has 6 nitrogen and oxygen atoms in total. The SMILES string of the molecule is COCCN(CCOC)C1=C(c2ccc(F)cc2)C(=O)N(c2ccc(C(C)C)cc2)C1=O. The lowest BCUT2D eigenvalue weighted by Gasteiger charge is -2.25. The van der Waals surface area contributed by atoms with E-state index < -0.39 is 17.6 Å². The van der Waals surface area contributed by atoms with Crippen molar-refractivity contribution in [2.24, 2.45) is 0 Å². The molecule has 2 amide bonds. The summed E-state index contributed by atoms with van der Waals surface area (Å²) in [6.07, 6.45) is 0. The second-order valence-electron chi connectivity index (χ2n) is 7.90. The van der Waals surface area contributed by atoms with Crippen molar-refractivity contribution in [3.05, 3.63) is 71.2 Å². The third kappa shape index (κ3) is 4.89. The Balaban J connectivity index is 2.08. The first-order valence-electron chi connectivity index (χ1n) is 10.6. The number of anilines is 1. The molecule has 0 bridgehead atoms. The van der Waals surface area contributed by atoms with E-state index in [1.54, 1.807) is 31.3 Å². The predicted molar refractivity (Wildman–Crippen MR) is 122 cm³/mol. The maximum absolute atomic E-state index is 13.6. The molecule has 0 saturated heterocycles. The summed E-state index contributed by atoms with van der Waals surface area (Å²) in [5.41, 5.74) is 2.61. The molecule has 0 fully saturated rings. The second-order valence-corrected chi connectivity index (χ2v) is 7.90. The van der Waals surface area contributed by atoms with E-state index in [1.165, 1.54) is 29.2 Å². The van der Waals surface area contributed by atoms with Gasteiger partial charge >= 0.3 is 0 Å². The highest BCUT2D eigenvalue weighted by atomic mass is 19.1. The van der Waals surface area contributed by atoms with Crippen molar-refractivity contribution < 1.29 is 23.5 Å². The Bertz CT molecular complexity index is 976. The fourth-order valence-electron chi connectivity index (χ4n) is 3.67. The van der Waals surface area contributed by atoms with Gasteiger partial charge in [0.15, 0.2) is 0 Å². The number of methoxy groups -OCH3 is 2.